The van der Waals surface area contributed by atoms with Crippen LogP contribution in [0.5, 0.6) is 11.5 Å². The van der Waals surface area contributed by atoms with Crippen molar-refractivity contribution in [1.82, 2.24) is 0 Å². The van der Waals surface area contributed by atoms with Crippen molar-refractivity contribution >= 4 is 0 Å². The van der Waals surface area contributed by atoms with Gasteiger partial charge in [0.2, 0.25) is 0 Å². The summed E-state index contributed by atoms with van der Waals surface area (Å²) in [6.45, 7) is 2.16. The first kappa shape index (κ1) is 16.6. The molecule has 2 N–H and O–H groups in total. The summed E-state index contributed by atoms with van der Waals surface area (Å²) < 4.78 is 17.6. The molecule has 4 nitrogen and oxygen atoms in total. The molecular formula is C19H29NO3. The minimum Gasteiger partial charge on any atom is -0.493 e. The van der Waals surface area contributed by atoms with Crippen molar-refractivity contribution < 1.29 is 14.2 Å². The molecule has 1 saturated heterocycles. The van der Waals surface area contributed by atoms with E-state index in [1.807, 2.05) is 6.07 Å². The van der Waals surface area contributed by atoms with Crippen LogP contribution in [-0.2, 0) is 10.2 Å². The molecule has 128 valence electrons. The van der Waals surface area contributed by atoms with Crippen LogP contribution in [0.25, 0.3) is 0 Å². The summed E-state index contributed by atoms with van der Waals surface area (Å²) in [5.74, 6) is 1.70. The third-order valence-electron chi connectivity index (χ3n) is 5.37. The van der Waals surface area contributed by atoms with E-state index < -0.39 is 0 Å². The van der Waals surface area contributed by atoms with E-state index in [4.69, 9.17) is 19.9 Å². The van der Waals surface area contributed by atoms with Gasteiger partial charge in [-0.2, -0.15) is 0 Å². The Balaban J connectivity index is 1.94. The molecule has 2 aliphatic rings. The maximum absolute atomic E-state index is 6.38. The Kier molecular flexibility index (Phi) is 5.44. The lowest BCUT2D eigenvalue weighted by Crippen LogP contribution is -2.38. The third-order valence-corrected chi connectivity index (χ3v) is 5.37. The van der Waals surface area contributed by atoms with E-state index in [1.54, 1.807) is 7.11 Å². The summed E-state index contributed by atoms with van der Waals surface area (Å²) in [5.41, 5.74) is 7.49. The van der Waals surface area contributed by atoms with Crippen LogP contribution >= 0.6 is 0 Å². The largest absolute Gasteiger partial charge is 0.493 e. The third kappa shape index (κ3) is 3.48. The summed E-state index contributed by atoms with van der Waals surface area (Å²) >= 11 is 0. The van der Waals surface area contributed by atoms with Gasteiger partial charge in [-0.1, -0.05) is 31.4 Å². The second-order valence-electron chi connectivity index (χ2n) is 6.84. The van der Waals surface area contributed by atoms with Gasteiger partial charge in [0, 0.05) is 24.1 Å². The van der Waals surface area contributed by atoms with Gasteiger partial charge in [0.05, 0.1) is 13.7 Å². The van der Waals surface area contributed by atoms with Crippen LogP contribution < -0.4 is 15.2 Å². The van der Waals surface area contributed by atoms with Gasteiger partial charge in [0.15, 0.2) is 11.5 Å². The zero-order chi connectivity index (χ0) is 16.1. The van der Waals surface area contributed by atoms with Crippen LogP contribution in [0.3, 0.4) is 0 Å². The molecule has 2 fully saturated rings. The van der Waals surface area contributed by atoms with Crippen molar-refractivity contribution in [2.45, 2.75) is 56.5 Å². The Morgan fingerprint density at radius 3 is 2.70 bits per heavy atom. The molecule has 0 amide bonds. The fraction of sp³-hybridized carbons (Fsp3) is 0.684. The second-order valence-corrected chi connectivity index (χ2v) is 6.84. The predicted molar refractivity (Wildman–Crippen MR) is 91.3 cm³/mol. The van der Waals surface area contributed by atoms with Gasteiger partial charge in [-0.05, 0) is 31.7 Å². The highest BCUT2D eigenvalue weighted by molar-refractivity contribution is 5.51. The fourth-order valence-electron chi connectivity index (χ4n) is 4.00. The monoisotopic (exact) mass is 319 g/mol. The molecule has 1 aliphatic heterocycles. The van der Waals surface area contributed by atoms with Gasteiger partial charge in [-0.3, -0.25) is 0 Å². The van der Waals surface area contributed by atoms with Crippen molar-refractivity contribution in [3.63, 3.8) is 0 Å². The lowest BCUT2D eigenvalue weighted by molar-refractivity contribution is 0.00535. The molecule has 0 bridgehead atoms. The van der Waals surface area contributed by atoms with Crippen LogP contribution in [0.4, 0.5) is 0 Å². The SMILES string of the molecule is COc1cccc(C2(CN)CCCCC2)c1OC1CCCOC1. The molecule has 1 heterocycles. The van der Waals surface area contributed by atoms with E-state index in [2.05, 4.69) is 12.1 Å². The first-order valence-corrected chi connectivity index (χ1v) is 8.91. The number of ether oxygens (including phenoxy) is 3. The zero-order valence-corrected chi connectivity index (χ0v) is 14.2. The standard InChI is InChI=1S/C19H29NO3/c1-21-17-9-5-8-16(19(14-20)10-3-2-4-11-19)18(17)23-15-7-6-12-22-13-15/h5,8-9,15H,2-4,6-7,10-14,20H2,1H3. The Labute approximate surface area is 139 Å². The van der Waals surface area contributed by atoms with Crippen LogP contribution in [0.15, 0.2) is 18.2 Å². The Hall–Kier alpha value is -1.26. The van der Waals surface area contributed by atoms with Gasteiger partial charge in [-0.25, -0.2) is 0 Å². The normalized spacial score (nSPS) is 24.2. The molecule has 0 spiro atoms. The van der Waals surface area contributed by atoms with Gasteiger partial charge in [0.1, 0.15) is 6.10 Å². The number of benzene rings is 1. The lowest BCUT2D eigenvalue weighted by atomic mass is 9.69. The van der Waals surface area contributed by atoms with Crippen LogP contribution in [0.1, 0.15) is 50.5 Å². The summed E-state index contributed by atoms with van der Waals surface area (Å²) in [5, 5.41) is 0. The number of rotatable bonds is 5. The van der Waals surface area contributed by atoms with Crippen molar-refractivity contribution in [2.24, 2.45) is 5.73 Å². The number of nitrogens with two attached hydrogens (primary N) is 1. The van der Waals surface area contributed by atoms with Crippen LogP contribution in [0.2, 0.25) is 0 Å². The molecule has 1 saturated carbocycles. The highest BCUT2D eigenvalue weighted by Gasteiger charge is 2.36. The molecule has 1 aliphatic carbocycles. The first-order valence-electron chi connectivity index (χ1n) is 8.91. The van der Waals surface area contributed by atoms with Crippen molar-refractivity contribution in [3.05, 3.63) is 23.8 Å². The zero-order valence-electron chi connectivity index (χ0n) is 14.2. The van der Waals surface area contributed by atoms with Crippen molar-refractivity contribution in [2.75, 3.05) is 26.9 Å². The Morgan fingerprint density at radius 2 is 2.04 bits per heavy atom. The van der Waals surface area contributed by atoms with E-state index >= 15 is 0 Å². The quantitative estimate of drug-likeness (QED) is 0.903. The molecular weight excluding hydrogens is 290 g/mol. The van der Waals surface area contributed by atoms with Gasteiger partial charge in [0.25, 0.3) is 0 Å². The minimum atomic E-state index is 0.0254. The van der Waals surface area contributed by atoms with Gasteiger partial charge >= 0.3 is 0 Å². The van der Waals surface area contributed by atoms with E-state index in [-0.39, 0.29) is 11.5 Å². The highest BCUT2D eigenvalue weighted by Crippen LogP contribution is 2.46. The topological polar surface area (TPSA) is 53.7 Å². The molecule has 1 aromatic rings. The fourth-order valence-corrected chi connectivity index (χ4v) is 4.00. The first-order chi connectivity index (χ1) is 11.3. The summed E-state index contributed by atoms with van der Waals surface area (Å²) in [6, 6.07) is 6.22. The molecule has 1 unspecified atom stereocenters. The number of para-hydroxylation sites is 1. The average molecular weight is 319 g/mol. The van der Waals surface area contributed by atoms with Crippen molar-refractivity contribution in [1.29, 1.82) is 0 Å². The average Bonchev–Trinajstić information content (AvgIpc) is 2.63. The number of methoxy groups -OCH3 is 1. The van der Waals surface area contributed by atoms with Gasteiger partial charge < -0.3 is 19.9 Å². The number of hydrogen-bond acceptors (Lipinski definition) is 4. The van der Waals surface area contributed by atoms with Crippen LogP contribution in [-0.4, -0.2) is 33.0 Å². The van der Waals surface area contributed by atoms with Crippen molar-refractivity contribution in [3.8, 4) is 11.5 Å². The lowest BCUT2D eigenvalue weighted by Gasteiger charge is -2.38. The molecule has 1 atom stereocenters. The summed E-state index contributed by atoms with van der Waals surface area (Å²) in [4.78, 5) is 0. The summed E-state index contributed by atoms with van der Waals surface area (Å²) in [7, 11) is 1.71. The Bertz CT molecular complexity index is 505. The molecule has 23 heavy (non-hydrogen) atoms. The second kappa shape index (κ2) is 7.54. The molecule has 3 rings (SSSR count). The molecule has 1 aromatic carbocycles. The molecule has 0 radical (unpaired) electrons. The van der Waals surface area contributed by atoms with Gasteiger partial charge in [-0.15, -0.1) is 0 Å². The van der Waals surface area contributed by atoms with E-state index in [9.17, 15) is 0 Å². The highest BCUT2D eigenvalue weighted by atomic mass is 16.5. The maximum Gasteiger partial charge on any atom is 0.165 e. The molecule has 4 heteroatoms. The predicted octanol–water partition coefficient (Wildman–Crippen LogP) is 3.41. The summed E-state index contributed by atoms with van der Waals surface area (Å²) in [6.07, 6.45) is 8.24. The molecule has 0 aromatic heterocycles. The maximum atomic E-state index is 6.38. The Morgan fingerprint density at radius 1 is 1.22 bits per heavy atom. The number of hydrogen-bond donors (Lipinski definition) is 1. The smallest absolute Gasteiger partial charge is 0.165 e. The van der Waals surface area contributed by atoms with E-state index in [1.165, 1.54) is 24.8 Å². The van der Waals surface area contributed by atoms with E-state index in [0.29, 0.717) is 13.2 Å². The van der Waals surface area contributed by atoms with Crippen LogP contribution in [0, 0.1) is 0 Å². The minimum absolute atomic E-state index is 0.0254. The van der Waals surface area contributed by atoms with E-state index in [0.717, 1.165) is 43.8 Å².